The van der Waals surface area contributed by atoms with Crippen molar-refractivity contribution < 1.29 is 18.3 Å². The molecule has 1 N–H and O–H groups in total. The fourth-order valence-corrected chi connectivity index (χ4v) is 3.91. The molecule has 0 radical (unpaired) electrons. The van der Waals surface area contributed by atoms with Gasteiger partial charge in [0.1, 0.15) is 4.90 Å². The highest BCUT2D eigenvalue weighted by Gasteiger charge is 2.34. The molecular weight excluding hydrogens is 284 g/mol. The minimum atomic E-state index is -3.94. The molecule has 2 heterocycles. The van der Waals surface area contributed by atoms with Gasteiger partial charge in [-0.1, -0.05) is 0 Å². The second-order valence-electron chi connectivity index (χ2n) is 4.83. The van der Waals surface area contributed by atoms with E-state index in [9.17, 15) is 18.0 Å². The summed E-state index contributed by atoms with van der Waals surface area (Å²) in [5.74, 6) is -1.73. The fraction of sp³-hybridized carbons (Fsp3) is 0.500. The highest BCUT2D eigenvalue weighted by Crippen LogP contribution is 2.22. The number of pyridine rings is 1. The number of hydrogen-bond donors (Lipinski definition) is 1. The fourth-order valence-electron chi connectivity index (χ4n) is 2.27. The number of aryl methyl sites for hydroxylation is 1. The van der Waals surface area contributed by atoms with Crippen LogP contribution < -0.4 is 5.56 Å². The lowest BCUT2D eigenvalue weighted by molar-refractivity contribution is -0.142. The third-order valence-corrected chi connectivity index (χ3v) is 5.32. The van der Waals surface area contributed by atoms with E-state index in [0.29, 0.717) is 12.8 Å². The summed E-state index contributed by atoms with van der Waals surface area (Å²) in [4.78, 5) is 22.6. The molecule has 0 amide bonds. The lowest BCUT2D eigenvalue weighted by Crippen LogP contribution is -2.44. The van der Waals surface area contributed by atoms with Crippen LogP contribution in [-0.4, -0.2) is 41.5 Å². The molecule has 1 aliphatic heterocycles. The van der Waals surface area contributed by atoms with E-state index in [4.69, 9.17) is 5.11 Å². The van der Waals surface area contributed by atoms with Crippen LogP contribution in [0.3, 0.4) is 0 Å². The average molecular weight is 300 g/mol. The monoisotopic (exact) mass is 300 g/mol. The summed E-state index contributed by atoms with van der Waals surface area (Å²) in [7, 11) is -2.48. The van der Waals surface area contributed by atoms with Crippen molar-refractivity contribution in [2.45, 2.75) is 17.7 Å². The van der Waals surface area contributed by atoms with E-state index < -0.39 is 27.5 Å². The predicted octanol–water partition coefficient (Wildman–Crippen LogP) is -0.129. The average Bonchev–Trinajstić information content (AvgIpc) is 2.41. The molecule has 1 saturated heterocycles. The van der Waals surface area contributed by atoms with Crippen molar-refractivity contribution in [2.75, 3.05) is 13.1 Å². The third kappa shape index (κ3) is 2.61. The summed E-state index contributed by atoms with van der Waals surface area (Å²) in [5.41, 5.74) is -0.607. The maximum absolute atomic E-state index is 12.4. The molecule has 8 heteroatoms. The maximum Gasteiger partial charge on any atom is 0.307 e. The molecule has 20 heavy (non-hydrogen) atoms. The zero-order chi connectivity index (χ0) is 14.9. The third-order valence-electron chi connectivity index (χ3n) is 3.44. The number of carbonyl (C=O) groups is 1. The molecule has 0 aliphatic carbocycles. The summed E-state index contributed by atoms with van der Waals surface area (Å²) >= 11 is 0. The minimum absolute atomic E-state index is 0.0876. The first-order valence-corrected chi connectivity index (χ1v) is 7.66. The number of aliphatic carboxylic acids is 1. The molecule has 0 unspecified atom stereocenters. The summed E-state index contributed by atoms with van der Waals surface area (Å²) < 4.78 is 27.2. The first-order chi connectivity index (χ1) is 9.34. The van der Waals surface area contributed by atoms with Gasteiger partial charge in [0.15, 0.2) is 0 Å². The van der Waals surface area contributed by atoms with Gasteiger partial charge in [0, 0.05) is 26.3 Å². The predicted molar refractivity (Wildman–Crippen MR) is 70.8 cm³/mol. The van der Waals surface area contributed by atoms with Gasteiger partial charge in [-0.2, -0.15) is 4.31 Å². The van der Waals surface area contributed by atoms with E-state index in [-0.39, 0.29) is 18.0 Å². The van der Waals surface area contributed by atoms with Crippen LogP contribution in [0.1, 0.15) is 12.8 Å². The Kier molecular flexibility index (Phi) is 3.96. The second-order valence-corrected chi connectivity index (χ2v) is 6.74. The molecule has 0 spiro atoms. The summed E-state index contributed by atoms with van der Waals surface area (Å²) in [6, 6.07) is 2.73. The quantitative estimate of drug-likeness (QED) is 0.839. The van der Waals surface area contributed by atoms with Gasteiger partial charge in [0.05, 0.1) is 5.92 Å². The number of hydrogen-bond acceptors (Lipinski definition) is 4. The summed E-state index contributed by atoms with van der Waals surface area (Å²) in [6.07, 6.45) is 2.40. The molecule has 7 nitrogen and oxygen atoms in total. The van der Waals surface area contributed by atoms with Crippen molar-refractivity contribution in [1.82, 2.24) is 8.87 Å². The molecule has 1 aromatic rings. The number of aromatic nitrogens is 1. The van der Waals surface area contributed by atoms with Gasteiger partial charge in [0.2, 0.25) is 10.0 Å². The number of nitrogens with zero attached hydrogens (tertiary/aromatic N) is 2. The Hall–Kier alpha value is -1.67. The number of rotatable bonds is 3. The van der Waals surface area contributed by atoms with E-state index in [1.54, 1.807) is 0 Å². The SMILES string of the molecule is Cn1cccc(S(=O)(=O)N2CCC[C@@H](C(=O)O)C2)c1=O. The zero-order valence-corrected chi connectivity index (χ0v) is 11.8. The second kappa shape index (κ2) is 5.37. The molecule has 1 aliphatic rings. The molecule has 1 atom stereocenters. The van der Waals surface area contributed by atoms with Crippen molar-refractivity contribution in [2.24, 2.45) is 13.0 Å². The Bertz CT molecular complexity index is 679. The highest BCUT2D eigenvalue weighted by atomic mass is 32.2. The minimum Gasteiger partial charge on any atom is -0.481 e. The maximum atomic E-state index is 12.4. The topological polar surface area (TPSA) is 96.7 Å². The molecular formula is C12H16N2O5S. The Morgan fingerprint density at radius 3 is 2.80 bits per heavy atom. The van der Waals surface area contributed by atoms with Crippen molar-refractivity contribution >= 4 is 16.0 Å². The molecule has 110 valence electrons. The van der Waals surface area contributed by atoms with Gasteiger partial charge >= 0.3 is 5.97 Å². The van der Waals surface area contributed by atoms with Crippen molar-refractivity contribution in [3.63, 3.8) is 0 Å². The summed E-state index contributed by atoms with van der Waals surface area (Å²) in [6.45, 7) is 0.153. The van der Waals surface area contributed by atoms with Crippen LogP contribution in [0.25, 0.3) is 0 Å². The van der Waals surface area contributed by atoms with E-state index in [0.717, 1.165) is 4.31 Å². The molecule has 0 aromatic carbocycles. The van der Waals surface area contributed by atoms with Crippen LogP contribution >= 0.6 is 0 Å². The Balaban J connectivity index is 2.38. The van der Waals surface area contributed by atoms with Crippen LogP contribution in [-0.2, 0) is 21.9 Å². The van der Waals surface area contributed by atoms with Crippen LogP contribution in [0.15, 0.2) is 28.0 Å². The van der Waals surface area contributed by atoms with Gasteiger partial charge < -0.3 is 9.67 Å². The molecule has 1 fully saturated rings. The normalized spacial score (nSPS) is 20.8. The number of carboxylic acids is 1. The van der Waals surface area contributed by atoms with Crippen LogP contribution in [0.5, 0.6) is 0 Å². The summed E-state index contributed by atoms with van der Waals surface area (Å²) in [5, 5.41) is 9.00. The first-order valence-electron chi connectivity index (χ1n) is 6.22. The molecule has 1 aromatic heterocycles. The zero-order valence-electron chi connectivity index (χ0n) is 11.0. The van der Waals surface area contributed by atoms with E-state index in [1.165, 1.54) is 29.9 Å². The molecule has 0 bridgehead atoms. The van der Waals surface area contributed by atoms with E-state index in [2.05, 4.69) is 0 Å². The van der Waals surface area contributed by atoms with Gasteiger partial charge in [-0.25, -0.2) is 8.42 Å². The largest absolute Gasteiger partial charge is 0.481 e. The molecule has 0 saturated carbocycles. The smallest absolute Gasteiger partial charge is 0.307 e. The van der Waals surface area contributed by atoms with Crippen molar-refractivity contribution in [3.8, 4) is 0 Å². The number of sulfonamides is 1. The van der Waals surface area contributed by atoms with E-state index in [1.807, 2.05) is 0 Å². The standard InChI is InChI=1S/C12H16N2O5S/c1-13-6-3-5-10(11(13)15)20(18,19)14-7-2-4-9(8-14)12(16)17/h3,5-6,9H,2,4,7-8H2,1H3,(H,16,17)/t9-/m1/s1. The Labute approximate surface area is 116 Å². The Morgan fingerprint density at radius 1 is 1.45 bits per heavy atom. The molecule has 2 rings (SSSR count). The van der Waals surface area contributed by atoms with Crippen LogP contribution in [0.4, 0.5) is 0 Å². The van der Waals surface area contributed by atoms with Crippen molar-refractivity contribution in [1.29, 1.82) is 0 Å². The van der Waals surface area contributed by atoms with Crippen molar-refractivity contribution in [3.05, 3.63) is 28.7 Å². The lowest BCUT2D eigenvalue weighted by atomic mass is 10.0. The van der Waals surface area contributed by atoms with Crippen LogP contribution in [0.2, 0.25) is 0 Å². The Morgan fingerprint density at radius 2 is 2.15 bits per heavy atom. The van der Waals surface area contributed by atoms with Gasteiger partial charge in [-0.15, -0.1) is 0 Å². The first kappa shape index (κ1) is 14.7. The number of piperidine rings is 1. The highest BCUT2D eigenvalue weighted by molar-refractivity contribution is 7.89. The van der Waals surface area contributed by atoms with E-state index >= 15 is 0 Å². The lowest BCUT2D eigenvalue weighted by Gasteiger charge is -2.29. The number of carboxylic acid groups (broad SMARTS) is 1. The van der Waals surface area contributed by atoms with Gasteiger partial charge in [0.25, 0.3) is 5.56 Å². The van der Waals surface area contributed by atoms with Crippen LogP contribution in [0, 0.1) is 5.92 Å². The van der Waals surface area contributed by atoms with Gasteiger partial charge in [-0.05, 0) is 25.0 Å². The van der Waals surface area contributed by atoms with Gasteiger partial charge in [-0.3, -0.25) is 9.59 Å².